The molecule has 3 heteroatoms. The van der Waals surface area contributed by atoms with E-state index in [0.717, 1.165) is 38.6 Å². The molecule has 96 valence electrons. The molecule has 0 rings (SSSR count). The van der Waals surface area contributed by atoms with Crippen molar-refractivity contribution in [1.29, 1.82) is 0 Å². The molecule has 0 bridgehead atoms. The second-order valence-electron chi connectivity index (χ2n) is 4.44. The molecule has 0 aromatic rings. The number of rotatable bonds is 9. The van der Waals surface area contributed by atoms with Crippen LogP contribution in [0.3, 0.4) is 0 Å². The van der Waals surface area contributed by atoms with Crippen molar-refractivity contribution in [3.63, 3.8) is 0 Å². The Labute approximate surface area is 99.9 Å². The van der Waals surface area contributed by atoms with Crippen molar-refractivity contribution in [2.24, 2.45) is 0 Å². The number of unbranched alkanes of at least 4 members (excludes halogenated alkanes) is 1. The molecule has 0 saturated carbocycles. The maximum atomic E-state index is 12.0. The van der Waals surface area contributed by atoms with Crippen molar-refractivity contribution < 1.29 is 9.53 Å². The second-order valence-corrected chi connectivity index (χ2v) is 4.44. The summed E-state index contributed by atoms with van der Waals surface area (Å²) in [5.41, 5.74) is -0.640. The predicted octanol–water partition coefficient (Wildman–Crippen LogP) is 2.89. The molecule has 0 radical (unpaired) electrons. The molecular formula is C13H27NO2. The lowest BCUT2D eigenvalue weighted by Gasteiger charge is -2.28. The normalized spacial score (nSPS) is 14.5. The summed E-state index contributed by atoms with van der Waals surface area (Å²) in [7, 11) is 0. The van der Waals surface area contributed by atoms with Crippen LogP contribution >= 0.6 is 0 Å². The summed E-state index contributed by atoms with van der Waals surface area (Å²) in [6.07, 6.45) is 4.82. The fraction of sp³-hybridized carbons (Fsp3) is 0.923. The molecule has 0 heterocycles. The highest BCUT2D eigenvalue weighted by Gasteiger charge is 2.32. The van der Waals surface area contributed by atoms with Crippen LogP contribution in [-0.2, 0) is 9.53 Å². The predicted molar refractivity (Wildman–Crippen MR) is 67.5 cm³/mol. The minimum absolute atomic E-state index is 0.0345. The van der Waals surface area contributed by atoms with Crippen LogP contribution in [-0.4, -0.2) is 24.7 Å². The van der Waals surface area contributed by atoms with Gasteiger partial charge in [-0.05, 0) is 26.2 Å². The van der Waals surface area contributed by atoms with Crippen LogP contribution in [0.1, 0.15) is 59.8 Å². The van der Waals surface area contributed by atoms with Crippen molar-refractivity contribution in [3.05, 3.63) is 0 Å². The first kappa shape index (κ1) is 15.4. The number of hydrogen-bond donors (Lipinski definition) is 1. The van der Waals surface area contributed by atoms with E-state index in [1.165, 1.54) is 0 Å². The van der Waals surface area contributed by atoms with Gasteiger partial charge in [0.1, 0.15) is 5.60 Å². The summed E-state index contributed by atoms with van der Waals surface area (Å²) in [5, 5.41) is 2.92. The Morgan fingerprint density at radius 1 is 1.19 bits per heavy atom. The van der Waals surface area contributed by atoms with E-state index in [0.29, 0.717) is 6.61 Å². The van der Waals surface area contributed by atoms with Gasteiger partial charge in [0.25, 0.3) is 5.91 Å². The third-order valence-electron chi connectivity index (χ3n) is 2.66. The highest BCUT2D eigenvalue weighted by atomic mass is 16.5. The quantitative estimate of drug-likeness (QED) is 0.617. The number of hydrogen-bond acceptors (Lipinski definition) is 2. The first-order valence-electron chi connectivity index (χ1n) is 6.53. The molecule has 0 spiro atoms. The molecule has 1 N–H and O–H groups in total. The summed E-state index contributed by atoms with van der Waals surface area (Å²) < 4.78 is 5.76. The Hall–Kier alpha value is -0.570. The molecule has 0 aromatic heterocycles. The van der Waals surface area contributed by atoms with E-state index < -0.39 is 5.60 Å². The smallest absolute Gasteiger partial charge is 0.251 e. The molecule has 0 aromatic carbocycles. The van der Waals surface area contributed by atoms with Gasteiger partial charge in [-0.25, -0.2) is 0 Å². The third kappa shape index (κ3) is 5.50. The first-order valence-corrected chi connectivity index (χ1v) is 6.53. The van der Waals surface area contributed by atoms with E-state index in [4.69, 9.17) is 4.74 Å². The SMILES string of the molecule is CCCCOC(C)(CCC)C(=O)NCCC. The molecular weight excluding hydrogens is 202 g/mol. The van der Waals surface area contributed by atoms with E-state index in [2.05, 4.69) is 26.1 Å². The first-order chi connectivity index (χ1) is 7.60. The van der Waals surface area contributed by atoms with Gasteiger partial charge in [-0.3, -0.25) is 4.79 Å². The molecule has 0 aliphatic carbocycles. The fourth-order valence-electron chi connectivity index (χ4n) is 1.60. The largest absolute Gasteiger partial charge is 0.365 e. The average Bonchev–Trinajstić information content (AvgIpc) is 2.26. The number of ether oxygens (including phenoxy) is 1. The topological polar surface area (TPSA) is 38.3 Å². The minimum Gasteiger partial charge on any atom is -0.365 e. The van der Waals surface area contributed by atoms with Gasteiger partial charge in [-0.1, -0.05) is 33.6 Å². The third-order valence-corrected chi connectivity index (χ3v) is 2.66. The van der Waals surface area contributed by atoms with Crippen molar-refractivity contribution in [1.82, 2.24) is 5.32 Å². The molecule has 0 saturated heterocycles. The van der Waals surface area contributed by atoms with Gasteiger partial charge in [-0.2, -0.15) is 0 Å². The summed E-state index contributed by atoms with van der Waals surface area (Å²) in [5.74, 6) is 0.0345. The zero-order chi connectivity index (χ0) is 12.4. The lowest BCUT2D eigenvalue weighted by molar-refractivity contribution is -0.146. The van der Waals surface area contributed by atoms with Crippen LogP contribution in [0.5, 0.6) is 0 Å². The lowest BCUT2D eigenvalue weighted by atomic mass is 9.99. The molecule has 0 aliphatic rings. The molecule has 1 atom stereocenters. The van der Waals surface area contributed by atoms with Crippen molar-refractivity contribution in [3.8, 4) is 0 Å². The summed E-state index contributed by atoms with van der Waals surface area (Å²) in [6.45, 7) is 9.56. The van der Waals surface area contributed by atoms with E-state index >= 15 is 0 Å². The molecule has 0 fully saturated rings. The van der Waals surface area contributed by atoms with Gasteiger partial charge < -0.3 is 10.1 Å². The van der Waals surface area contributed by atoms with Crippen LogP contribution < -0.4 is 5.32 Å². The lowest BCUT2D eigenvalue weighted by Crippen LogP contribution is -2.47. The molecule has 1 amide bonds. The monoisotopic (exact) mass is 229 g/mol. The zero-order valence-electron chi connectivity index (χ0n) is 11.3. The number of carbonyl (C=O) groups is 1. The van der Waals surface area contributed by atoms with Gasteiger partial charge in [0, 0.05) is 13.2 Å². The van der Waals surface area contributed by atoms with Crippen molar-refractivity contribution in [2.75, 3.05) is 13.2 Å². The van der Waals surface area contributed by atoms with Crippen LogP contribution in [0, 0.1) is 0 Å². The van der Waals surface area contributed by atoms with E-state index in [9.17, 15) is 4.79 Å². The Morgan fingerprint density at radius 2 is 1.88 bits per heavy atom. The summed E-state index contributed by atoms with van der Waals surface area (Å²) >= 11 is 0. The van der Waals surface area contributed by atoms with Crippen LogP contribution in [0.4, 0.5) is 0 Å². The summed E-state index contributed by atoms with van der Waals surface area (Å²) in [4.78, 5) is 12.0. The van der Waals surface area contributed by atoms with Gasteiger partial charge in [-0.15, -0.1) is 0 Å². The highest BCUT2D eigenvalue weighted by molar-refractivity contribution is 5.84. The Balaban J connectivity index is 4.23. The van der Waals surface area contributed by atoms with Gasteiger partial charge in [0.05, 0.1) is 0 Å². The zero-order valence-corrected chi connectivity index (χ0v) is 11.3. The Morgan fingerprint density at radius 3 is 2.38 bits per heavy atom. The summed E-state index contributed by atoms with van der Waals surface area (Å²) in [6, 6.07) is 0. The van der Waals surface area contributed by atoms with Gasteiger partial charge in [0.2, 0.25) is 0 Å². The van der Waals surface area contributed by atoms with Crippen LogP contribution in [0.15, 0.2) is 0 Å². The van der Waals surface area contributed by atoms with Gasteiger partial charge >= 0.3 is 0 Å². The van der Waals surface area contributed by atoms with Crippen LogP contribution in [0.25, 0.3) is 0 Å². The second kappa shape index (κ2) is 8.57. The van der Waals surface area contributed by atoms with E-state index in [1.54, 1.807) is 0 Å². The van der Waals surface area contributed by atoms with Crippen LogP contribution in [0.2, 0.25) is 0 Å². The van der Waals surface area contributed by atoms with E-state index in [1.807, 2.05) is 6.92 Å². The number of carbonyl (C=O) groups excluding carboxylic acids is 1. The minimum atomic E-state index is -0.640. The fourth-order valence-corrected chi connectivity index (χ4v) is 1.60. The van der Waals surface area contributed by atoms with Gasteiger partial charge in [0.15, 0.2) is 0 Å². The maximum absolute atomic E-state index is 12.0. The van der Waals surface area contributed by atoms with Crippen molar-refractivity contribution in [2.45, 2.75) is 65.4 Å². The molecule has 16 heavy (non-hydrogen) atoms. The maximum Gasteiger partial charge on any atom is 0.251 e. The number of amides is 1. The number of nitrogens with one attached hydrogen (secondary N) is 1. The highest BCUT2D eigenvalue weighted by Crippen LogP contribution is 2.18. The van der Waals surface area contributed by atoms with Crippen molar-refractivity contribution >= 4 is 5.91 Å². The molecule has 0 aliphatic heterocycles. The Kier molecular flexibility index (Phi) is 8.26. The van der Waals surface area contributed by atoms with E-state index in [-0.39, 0.29) is 5.91 Å². The standard InChI is InChI=1S/C13H27NO2/c1-5-8-11-16-13(4,9-6-2)12(15)14-10-7-3/h5-11H2,1-4H3,(H,14,15). The Bertz CT molecular complexity index is 194. The molecule has 1 unspecified atom stereocenters. The molecule has 3 nitrogen and oxygen atoms in total. The average molecular weight is 229 g/mol.